The van der Waals surface area contributed by atoms with E-state index >= 15 is 0 Å². The van der Waals surface area contributed by atoms with Crippen molar-refractivity contribution >= 4 is 5.91 Å². The lowest BCUT2D eigenvalue weighted by molar-refractivity contribution is -0.138. The van der Waals surface area contributed by atoms with Crippen LogP contribution in [0.5, 0.6) is 0 Å². The number of hydrazine groups is 1. The van der Waals surface area contributed by atoms with Crippen molar-refractivity contribution in [1.82, 2.24) is 20.7 Å². The third-order valence-electron chi connectivity index (χ3n) is 7.79. The second-order valence-corrected chi connectivity index (χ2v) is 9.76. The number of amides is 1. The lowest BCUT2D eigenvalue weighted by Crippen LogP contribution is -2.55. The van der Waals surface area contributed by atoms with Crippen molar-refractivity contribution in [2.45, 2.75) is 69.5 Å². The number of hydrogen-bond donors (Lipinski definition) is 2. The van der Waals surface area contributed by atoms with Gasteiger partial charge >= 0.3 is 0 Å². The van der Waals surface area contributed by atoms with Crippen LogP contribution < -0.4 is 10.9 Å². The molecule has 0 radical (unpaired) electrons. The van der Waals surface area contributed by atoms with E-state index in [4.69, 9.17) is 0 Å². The van der Waals surface area contributed by atoms with E-state index in [2.05, 4.69) is 51.0 Å². The van der Waals surface area contributed by atoms with Crippen LogP contribution in [0.15, 0.2) is 30.3 Å². The summed E-state index contributed by atoms with van der Waals surface area (Å²) in [5, 5.41) is 0. The Morgan fingerprint density at radius 3 is 2.72 bits per heavy atom. The number of carbonyl (C=O) groups is 1. The van der Waals surface area contributed by atoms with Crippen molar-refractivity contribution in [2.75, 3.05) is 26.2 Å². The monoisotopic (exact) mass is 396 g/mol. The predicted molar refractivity (Wildman–Crippen MR) is 115 cm³/mol. The van der Waals surface area contributed by atoms with Crippen molar-refractivity contribution in [3.05, 3.63) is 35.9 Å². The Bertz CT molecular complexity index is 695. The standard InChI is InChI=1S/C24H36N4O/c29-24(23-21-10-4-5-11-22(21)25-26-23)28-16-19-12-13-20(28)17-27(15-19)14-6-9-18-7-2-1-3-8-18/h1-3,7-8,19-23,25-26H,4-6,9-17H2/t19-,20+,21?,22?,23?/m0/s1. The summed E-state index contributed by atoms with van der Waals surface area (Å²) in [4.78, 5) is 18.4. The van der Waals surface area contributed by atoms with Crippen molar-refractivity contribution in [2.24, 2.45) is 11.8 Å². The van der Waals surface area contributed by atoms with E-state index in [9.17, 15) is 4.79 Å². The number of benzene rings is 1. The van der Waals surface area contributed by atoms with E-state index in [0.717, 1.165) is 32.6 Å². The number of nitrogens with one attached hydrogen (secondary N) is 2. The third kappa shape index (κ3) is 4.23. The van der Waals surface area contributed by atoms with Gasteiger partial charge in [0.2, 0.25) is 5.91 Å². The van der Waals surface area contributed by atoms with Crippen LogP contribution in [0.3, 0.4) is 0 Å². The zero-order chi connectivity index (χ0) is 19.6. The summed E-state index contributed by atoms with van der Waals surface area (Å²) < 4.78 is 0. The van der Waals surface area contributed by atoms with Gasteiger partial charge < -0.3 is 9.80 Å². The summed E-state index contributed by atoms with van der Waals surface area (Å²) in [6.07, 6.45) is 9.78. The summed E-state index contributed by atoms with van der Waals surface area (Å²) in [5.74, 6) is 1.50. The van der Waals surface area contributed by atoms with Crippen molar-refractivity contribution in [3.8, 4) is 0 Å². The largest absolute Gasteiger partial charge is 0.337 e. The molecule has 1 saturated carbocycles. The molecule has 0 spiro atoms. The molecule has 4 aliphatic heterocycles. The molecule has 2 bridgehead atoms. The normalized spacial score (nSPS) is 34.8. The Morgan fingerprint density at radius 1 is 0.966 bits per heavy atom. The molecule has 29 heavy (non-hydrogen) atoms. The fourth-order valence-corrected chi connectivity index (χ4v) is 6.25. The maximum absolute atomic E-state index is 13.5. The minimum Gasteiger partial charge on any atom is -0.337 e. The van der Waals surface area contributed by atoms with Gasteiger partial charge in [0.15, 0.2) is 0 Å². The average Bonchev–Trinajstić information content (AvgIpc) is 2.99. The first-order valence-corrected chi connectivity index (χ1v) is 11.9. The fraction of sp³-hybridized carbons (Fsp3) is 0.708. The number of aryl methyl sites for hydroxylation is 1. The molecule has 4 saturated heterocycles. The summed E-state index contributed by atoms with van der Waals surface area (Å²) in [7, 11) is 0. The topological polar surface area (TPSA) is 47.6 Å². The quantitative estimate of drug-likeness (QED) is 0.803. The Balaban J connectivity index is 1.19. The van der Waals surface area contributed by atoms with E-state index in [1.54, 1.807) is 0 Å². The summed E-state index contributed by atoms with van der Waals surface area (Å²) >= 11 is 0. The molecule has 3 unspecified atom stereocenters. The van der Waals surface area contributed by atoms with Crippen molar-refractivity contribution < 1.29 is 4.79 Å². The highest BCUT2D eigenvalue weighted by molar-refractivity contribution is 5.83. The van der Waals surface area contributed by atoms with Gasteiger partial charge in [-0.05, 0) is 56.6 Å². The number of piperidine rings is 1. The molecule has 1 aromatic rings. The second kappa shape index (κ2) is 8.75. The molecule has 5 heteroatoms. The molecule has 5 atom stereocenters. The fourth-order valence-electron chi connectivity index (χ4n) is 6.25. The van der Waals surface area contributed by atoms with Crippen LogP contribution in [0.4, 0.5) is 0 Å². The van der Waals surface area contributed by atoms with Gasteiger partial charge in [-0.15, -0.1) is 0 Å². The maximum atomic E-state index is 13.5. The smallest absolute Gasteiger partial charge is 0.241 e. The summed E-state index contributed by atoms with van der Waals surface area (Å²) in [6, 6.07) is 11.7. The molecule has 6 rings (SSSR count). The number of carbonyl (C=O) groups excluding carboxylic acids is 1. The lowest BCUT2D eigenvalue weighted by atomic mass is 9.81. The van der Waals surface area contributed by atoms with E-state index in [1.165, 1.54) is 50.5 Å². The van der Waals surface area contributed by atoms with E-state index < -0.39 is 0 Å². The first-order valence-electron chi connectivity index (χ1n) is 11.9. The number of hydrogen-bond acceptors (Lipinski definition) is 4. The van der Waals surface area contributed by atoms with Crippen LogP contribution in [0.25, 0.3) is 0 Å². The van der Waals surface area contributed by atoms with Gasteiger partial charge in [0.25, 0.3) is 0 Å². The molecule has 5 aliphatic rings. The van der Waals surface area contributed by atoms with Crippen LogP contribution >= 0.6 is 0 Å². The van der Waals surface area contributed by atoms with Crippen LogP contribution in [0, 0.1) is 11.8 Å². The van der Waals surface area contributed by atoms with Crippen LogP contribution in [0.2, 0.25) is 0 Å². The molecule has 1 aromatic carbocycles. The second-order valence-electron chi connectivity index (χ2n) is 9.76. The predicted octanol–water partition coefficient (Wildman–Crippen LogP) is 2.58. The van der Waals surface area contributed by atoms with Gasteiger partial charge in [0, 0.05) is 37.6 Å². The first-order chi connectivity index (χ1) is 14.3. The molecular formula is C24H36N4O. The number of fused-ring (bicyclic) bond motifs is 5. The number of rotatable bonds is 5. The van der Waals surface area contributed by atoms with Crippen LogP contribution in [-0.2, 0) is 11.2 Å². The maximum Gasteiger partial charge on any atom is 0.241 e. The molecule has 1 amide bonds. The summed E-state index contributed by atoms with van der Waals surface area (Å²) in [5.41, 5.74) is 8.25. The summed E-state index contributed by atoms with van der Waals surface area (Å²) in [6.45, 7) is 4.34. The van der Waals surface area contributed by atoms with Crippen LogP contribution in [-0.4, -0.2) is 60.0 Å². The molecular weight excluding hydrogens is 360 g/mol. The van der Waals surface area contributed by atoms with Gasteiger partial charge in [-0.3, -0.25) is 10.2 Å². The molecule has 1 aliphatic carbocycles. The van der Waals surface area contributed by atoms with E-state index in [-0.39, 0.29) is 6.04 Å². The minimum atomic E-state index is -0.00817. The van der Waals surface area contributed by atoms with Crippen LogP contribution in [0.1, 0.15) is 50.5 Å². The van der Waals surface area contributed by atoms with Crippen molar-refractivity contribution in [1.29, 1.82) is 0 Å². The molecule has 0 aromatic heterocycles. The van der Waals surface area contributed by atoms with E-state index in [1.807, 2.05) is 0 Å². The highest BCUT2D eigenvalue weighted by Crippen LogP contribution is 2.34. The highest BCUT2D eigenvalue weighted by Gasteiger charge is 2.45. The Labute approximate surface area is 175 Å². The highest BCUT2D eigenvalue weighted by atomic mass is 16.2. The Hall–Kier alpha value is -1.43. The van der Waals surface area contributed by atoms with Crippen molar-refractivity contribution in [3.63, 3.8) is 0 Å². The van der Waals surface area contributed by atoms with Gasteiger partial charge in [0.05, 0.1) is 0 Å². The molecule has 5 nitrogen and oxygen atoms in total. The van der Waals surface area contributed by atoms with Gasteiger partial charge in [-0.25, -0.2) is 5.43 Å². The number of nitrogens with zero attached hydrogens (tertiary/aromatic N) is 2. The average molecular weight is 397 g/mol. The Kier molecular flexibility index (Phi) is 5.89. The zero-order valence-corrected chi connectivity index (χ0v) is 17.6. The lowest BCUT2D eigenvalue weighted by Gasteiger charge is -2.39. The molecule has 2 N–H and O–H groups in total. The van der Waals surface area contributed by atoms with Gasteiger partial charge in [0.1, 0.15) is 6.04 Å². The molecule has 4 heterocycles. The first kappa shape index (κ1) is 19.5. The third-order valence-corrected chi connectivity index (χ3v) is 7.79. The van der Waals surface area contributed by atoms with Gasteiger partial charge in [-0.2, -0.15) is 0 Å². The molecule has 158 valence electrons. The minimum absolute atomic E-state index is 0.00817. The molecule has 5 fully saturated rings. The Morgan fingerprint density at radius 2 is 1.83 bits per heavy atom. The zero-order valence-electron chi connectivity index (χ0n) is 17.6. The van der Waals surface area contributed by atoms with Gasteiger partial charge in [-0.1, -0.05) is 43.2 Å². The van der Waals surface area contributed by atoms with E-state index in [0.29, 0.717) is 29.8 Å². The SMILES string of the molecule is O=C(C1NNC2CCCCC21)N1C[C@H]2CC[C@@H]1CN(CCCc1ccccc1)C2.